The summed E-state index contributed by atoms with van der Waals surface area (Å²) >= 11 is 0. The average molecular weight is 797 g/mol. The molecule has 10 heteroatoms. The van der Waals surface area contributed by atoms with Crippen LogP contribution in [0, 0.1) is 0 Å². The number of carbonyl (C=O) groups is 4. The van der Waals surface area contributed by atoms with Crippen molar-refractivity contribution in [3.8, 4) is 11.5 Å². The molecule has 0 aromatic heterocycles. The van der Waals surface area contributed by atoms with Gasteiger partial charge in [-0.3, -0.25) is 0 Å². The van der Waals surface area contributed by atoms with Crippen LogP contribution in [0.3, 0.4) is 0 Å². The zero-order valence-corrected chi connectivity index (χ0v) is 34.1. The fourth-order valence-electron chi connectivity index (χ4n) is 8.85. The molecule has 2 atom stereocenters. The van der Waals surface area contributed by atoms with Gasteiger partial charge in [0.15, 0.2) is 12.7 Å². The van der Waals surface area contributed by atoms with E-state index in [9.17, 15) is 19.2 Å². The summed E-state index contributed by atoms with van der Waals surface area (Å²) in [6, 6.07) is 13.0. The minimum atomic E-state index is -1.61. The fourth-order valence-corrected chi connectivity index (χ4v) is 8.85. The standard InChI is InChI=1S/C48H60O10/c1-6-43(49)54-32-38(56-45(51)8-3)31-53-41-25-23-36(29-39(41)34-19-13-10-14-20-34)48(27-17-12-18-28-48)37-24-26-42(40(30-37)35-21-15-11-16-22-35)57-47(5,58-46(52)9-4)33-55-44(50)7-2/h6-9,23-26,29-30,34-35,38H,1-4,10-22,27-28,31-33H2,5H3. The average Bonchev–Trinajstić information content (AvgIpc) is 3.27. The minimum Gasteiger partial charge on any atom is -0.489 e. The van der Waals surface area contributed by atoms with Crippen LogP contribution in [0.2, 0.25) is 0 Å². The van der Waals surface area contributed by atoms with Gasteiger partial charge in [-0.2, -0.15) is 0 Å². The summed E-state index contributed by atoms with van der Waals surface area (Å²) < 4.78 is 34.8. The summed E-state index contributed by atoms with van der Waals surface area (Å²) in [5.74, 6) is -2.35. The van der Waals surface area contributed by atoms with E-state index in [1.54, 1.807) is 6.92 Å². The molecule has 0 heterocycles. The van der Waals surface area contributed by atoms with Gasteiger partial charge in [0.1, 0.15) is 24.7 Å². The lowest BCUT2D eigenvalue weighted by atomic mass is 9.64. The van der Waals surface area contributed by atoms with Gasteiger partial charge in [-0.15, -0.1) is 0 Å². The molecule has 10 nitrogen and oxygen atoms in total. The molecule has 0 N–H and O–H groups in total. The first kappa shape index (κ1) is 44.0. The van der Waals surface area contributed by atoms with Crippen LogP contribution < -0.4 is 9.47 Å². The largest absolute Gasteiger partial charge is 0.489 e. The van der Waals surface area contributed by atoms with Crippen LogP contribution in [0.1, 0.15) is 137 Å². The predicted octanol–water partition coefficient (Wildman–Crippen LogP) is 9.79. The van der Waals surface area contributed by atoms with Gasteiger partial charge in [0.25, 0.3) is 5.79 Å². The normalized spacial score (nSPS) is 18.6. The molecule has 0 aliphatic heterocycles. The van der Waals surface area contributed by atoms with E-state index in [0.29, 0.717) is 11.7 Å². The molecule has 2 aromatic rings. The van der Waals surface area contributed by atoms with E-state index in [0.717, 1.165) is 125 Å². The molecule has 2 unspecified atom stereocenters. The number of esters is 4. The molecule has 3 aliphatic carbocycles. The van der Waals surface area contributed by atoms with E-state index >= 15 is 0 Å². The van der Waals surface area contributed by atoms with E-state index in [2.05, 4.69) is 56.6 Å². The molecule has 0 saturated heterocycles. The summed E-state index contributed by atoms with van der Waals surface area (Å²) in [4.78, 5) is 48.6. The Bertz CT molecular complexity index is 1790. The Labute approximate surface area is 343 Å². The third-order valence-corrected chi connectivity index (χ3v) is 11.8. The quantitative estimate of drug-likeness (QED) is 0.0588. The van der Waals surface area contributed by atoms with E-state index in [-0.39, 0.29) is 31.2 Å². The van der Waals surface area contributed by atoms with Crippen molar-refractivity contribution in [2.45, 2.75) is 132 Å². The van der Waals surface area contributed by atoms with Crippen molar-refractivity contribution in [1.82, 2.24) is 0 Å². The van der Waals surface area contributed by atoms with Crippen molar-refractivity contribution in [2.75, 3.05) is 19.8 Å². The maximum atomic E-state index is 12.5. The van der Waals surface area contributed by atoms with E-state index in [4.69, 9.17) is 28.4 Å². The number of rotatable bonds is 19. The van der Waals surface area contributed by atoms with E-state index in [1.165, 1.54) is 24.0 Å². The third-order valence-electron chi connectivity index (χ3n) is 11.8. The first-order chi connectivity index (χ1) is 28.0. The van der Waals surface area contributed by atoms with Gasteiger partial charge in [-0.25, -0.2) is 19.2 Å². The molecule has 58 heavy (non-hydrogen) atoms. The molecule has 3 saturated carbocycles. The second-order valence-electron chi connectivity index (χ2n) is 15.9. The molecule has 0 amide bonds. The van der Waals surface area contributed by atoms with Gasteiger partial charge >= 0.3 is 23.9 Å². The molecule has 0 radical (unpaired) electrons. The molecular weight excluding hydrogens is 737 g/mol. The van der Waals surface area contributed by atoms with Gasteiger partial charge in [0.05, 0.1) is 0 Å². The maximum absolute atomic E-state index is 12.5. The molecule has 0 bridgehead atoms. The van der Waals surface area contributed by atoms with Gasteiger partial charge in [0, 0.05) is 36.6 Å². The van der Waals surface area contributed by atoms with Crippen molar-refractivity contribution in [3.63, 3.8) is 0 Å². The maximum Gasteiger partial charge on any atom is 0.333 e. The van der Waals surface area contributed by atoms with Crippen LogP contribution in [0.5, 0.6) is 11.5 Å². The second-order valence-corrected chi connectivity index (χ2v) is 15.9. The van der Waals surface area contributed by atoms with Crippen LogP contribution in [0.15, 0.2) is 87.0 Å². The minimum absolute atomic E-state index is 0.00571. The molecular formula is C48H60O10. The highest BCUT2D eigenvalue weighted by Gasteiger charge is 2.39. The van der Waals surface area contributed by atoms with E-state index < -0.39 is 35.8 Å². The zero-order chi connectivity index (χ0) is 41.5. The first-order valence-corrected chi connectivity index (χ1v) is 20.9. The summed E-state index contributed by atoms with van der Waals surface area (Å²) in [6.07, 6.45) is 19.7. The van der Waals surface area contributed by atoms with Gasteiger partial charge in [0.2, 0.25) is 0 Å². The molecule has 2 aromatic carbocycles. The topological polar surface area (TPSA) is 124 Å². The second kappa shape index (κ2) is 21.0. The molecule has 0 spiro atoms. The van der Waals surface area contributed by atoms with Crippen molar-refractivity contribution in [3.05, 3.63) is 109 Å². The highest BCUT2D eigenvalue weighted by Crippen LogP contribution is 2.50. The monoisotopic (exact) mass is 796 g/mol. The lowest BCUT2D eigenvalue weighted by Gasteiger charge is -2.40. The zero-order valence-electron chi connectivity index (χ0n) is 34.1. The summed E-state index contributed by atoms with van der Waals surface area (Å²) in [7, 11) is 0. The van der Waals surface area contributed by atoms with Crippen molar-refractivity contribution < 1.29 is 47.6 Å². The highest BCUT2D eigenvalue weighted by atomic mass is 16.7. The Morgan fingerprint density at radius 3 is 1.71 bits per heavy atom. The number of hydrogen-bond donors (Lipinski definition) is 0. The molecule has 312 valence electrons. The Balaban J connectivity index is 1.55. The summed E-state index contributed by atoms with van der Waals surface area (Å²) in [5, 5.41) is 0. The number of carbonyl (C=O) groups excluding carboxylic acids is 4. The summed E-state index contributed by atoms with van der Waals surface area (Å²) in [5.41, 5.74) is 4.37. The molecule has 5 rings (SSSR count). The number of benzene rings is 2. The van der Waals surface area contributed by atoms with E-state index in [1.807, 2.05) is 6.07 Å². The van der Waals surface area contributed by atoms with Crippen LogP contribution in [-0.2, 0) is 43.5 Å². The summed E-state index contributed by atoms with van der Waals surface area (Å²) in [6.45, 7) is 15.0. The first-order valence-electron chi connectivity index (χ1n) is 20.9. The fraction of sp³-hybridized carbons (Fsp3) is 0.500. The van der Waals surface area contributed by atoms with Crippen molar-refractivity contribution in [1.29, 1.82) is 0 Å². The van der Waals surface area contributed by atoms with Crippen LogP contribution in [0.25, 0.3) is 0 Å². The van der Waals surface area contributed by atoms with Gasteiger partial charge in [-0.05, 0) is 84.7 Å². The lowest BCUT2D eigenvalue weighted by Crippen LogP contribution is -2.43. The number of hydrogen-bond acceptors (Lipinski definition) is 10. The van der Waals surface area contributed by atoms with Crippen molar-refractivity contribution in [2.24, 2.45) is 0 Å². The highest BCUT2D eigenvalue weighted by molar-refractivity contribution is 5.83. The Hall–Kier alpha value is -5.12. The Morgan fingerprint density at radius 2 is 1.16 bits per heavy atom. The van der Waals surface area contributed by atoms with Crippen molar-refractivity contribution >= 4 is 23.9 Å². The predicted molar refractivity (Wildman–Crippen MR) is 222 cm³/mol. The smallest absolute Gasteiger partial charge is 0.333 e. The van der Waals surface area contributed by atoms with Crippen LogP contribution >= 0.6 is 0 Å². The lowest BCUT2D eigenvalue weighted by molar-refractivity contribution is -0.205. The Kier molecular flexibility index (Phi) is 16.0. The van der Waals surface area contributed by atoms with Crippen LogP contribution in [-0.4, -0.2) is 55.6 Å². The molecule has 3 aliphatic rings. The third kappa shape index (κ3) is 11.5. The molecule has 3 fully saturated rings. The Morgan fingerprint density at radius 1 is 0.655 bits per heavy atom. The van der Waals surface area contributed by atoms with Crippen LogP contribution in [0.4, 0.5) is 0 Å². The number of ether oxygens (including phenoxy) is 6. The van der Waals surface area contributed by atoms with Gasteiger partial charge < -0.3 is 28.4 Å². The SMILES string of the molecule is C=CC(=O)OCC(COc1ccc(C2(c3ccc(OC(C)(COC(=O)C=C)OC(=O)C=C)c(C4CCCCC4)c3)CCCCC2)cc1C1CCCCC1)OC(=O)C=C. The van der Waals surface area contributed by atoms with Gasteiger partial charge in [-0.1, -0.05) is 108 Å².